The first-order valence-electron chi connectivity index (χ1n) is 8.18. The van der Waals surface area contributed by atoms with Crippen LogP contribution < -0.4 is 0 Å². The molecule has 3 heterocycles. The van der Waals surface area contributed by atoms with Crippen molar-refractivity contribution in [3.63, 3.8) is 0 Å². The second-order valence-corrected chi connectivity index (χ2v) is 7.79. The number of carbonyl (C=O) groups is 1. The Kier molecular flexibility index (Phi) is 4.73. The van der Waals surface area contributed by atoms with E-state index in [4.69, 9.17) is 9.15 Å². The van der Waals surface area contributed by atoms with Crippen LogP contribution in [0.4, 0.5) is 0 Å². The van der Waals surface area contributed by atoms with Gasteiger partial charge in [0, 0.05) is 17.3 Å². The molecular formula is C17H23N3O3S. The maximum absolute atomic E-state index is 13.0. The van der Waals surface area contributed by atoms with E-state index >= 15 is 0 Å². The van der Waals surface area contributed by atoms with Gasteiger partial charge in [0.15, 0.2) is 6.10 Å². The van der Waals surface area contributed by atoms with E-state index in [1.165, 1.54) is 0 Å². The number of morpholine rings is 1. The van der Waals surface area contributed by atoms with Gasteiger partial charge in [0.2, 0.25) is 17.7 Å². The highest BCUT2D eigenvalue weighted by atomic mass is 32.1. The number of rotatable bonds is 4. The van der Waals surface area contributed by atoms with Gasteiger partial charge in [-0.05, 0) is 25.3 Å². The smallest absolute Gasteiger partial charge is 0.247 e. The van der Waals surface area contributed by atoms with E-state index in [-0.39, 0.29) is 17.9 Å². The van der Waals surface area contributed by atoms with Gasteiger partial charge < -0.3 is 14.1 Å². The second kappa shape index (κ2) is 6.64. The summed E-state index contributed by atoms with van der Waals surface area (Å²) in [6.45, 7) is 9.42. The van der Waals surface area contributed by atoms with Crippen LogP contribution in [0.1, 0.15) is 56.4 Å². The normalized spacial score (nSPS) is 19.0. The van der Waals surface area contributed by atoms with Crippen molar-refractivity contribution in [1.29, 1.82) is 0 Å². The van der Waals surface area contributed by atoms with Crippen LogP contribution in [-0.4, -0.2) is 40.7 Å². The molecule has 6 nitrogen and oxygen atoms in total. The molecule has 24 heavy (non-hydrogen) atoms. The third kappa shape index (κ3) is 3.23. The van der Waals surface area contributed by atoms with Crippen molar-refractivity contribution >= 4 is 17.2 Å². The van der Waals surface area contributed by atoms with E-state index < -0.39 is 5.41 Å². The molecule has 0 N–H and O–H groups in total. The molecule has 2 aromatic rings. The van der Waals surface area contributed by atoms with Crippen LogP contribution in [0.15, 0.2) is 21.9 Å². The SMILES string of the molecule is CC(C)c1nnc([C@@H]2CN(C(=O)C(C)(C)c3cccs3)CCO2)o1. The van der Waals surface area contributed by atoms with Crippen molar-refractivity contribution < 1.29 is 13.9 Å². The van der Waals surface area contributed by atoms with Crippen molar-refractivity contribution in [3.8, 4) is 0 Å². The predicted molar refractivity (Wildman–Crippen MR) is 91.0 cm³/mol. The zero-order valence-electron chi connectivity index (χ0n) is 14.5. The number of aromatic nitrogens is 2. The summed E-state index contributed by atoms with van der Waals surface area (Å²) < 4.78 is 11.4. The number of hydrogen-bond acceptors (Lipinski definition) is 6. The zero-order valence-corrected chi connectivity index (χ0v) is 15.3. The van der Waals surface area contributed by atoms with Crippen LogP contribution in [-0.2, 0) is 14.9 Å². The summed E-state index contributed by atoms with van der Waals surface area (Å²) >= 11 is 1.61. The largest absolute Gasteiger partial charge is 0.422 e. The summed E-state index contributed by atoms with van der Waals surface area (Å²) in [6, 6.07) is 3.98. The lowest BCUT2D eigenvalue weighted by Crippen LogP contribution is -2.49. The summed E-state index contributed by atoms with van der Waals surface area (Å²) in [5, 5.41) is 10.1. The summed E-state index contributed by atoms with van der Waals surface area (Å²) in [4.78, 5) is 15.9. The van der Waals surface area contributed by atoms with Crippen molar-refractivity contribution in [3.05, 3.63) is 34.2 Å². The average Bonchev–Trinajstić information content (AvgIpc) is 3.25. The average molecular weight is 349 g/mol. The van der Waals surface area contributed by atoms with Gasteiger partial charge in [-0.1, -0.05) is 19.9 Å². The van der Waals surface area contributed by atoms with Crippen LogP contribution >= 0.6 is 11.3 Å². The highest BCUT2D eigenvalue weighted by Crippen LogP contribution is 2.32. The minimum Gasteiger partial charge on any atom is -0.422 e. The Morgan fingerprint density at radius 1 is 1.42 bits per heavy atom. The number of carbonyl (C=O) groups excluding carboxylic acids is 1. The highest BCUT2D eigenvalue weighted by molar-refractivity contribution is 7.10. The topological polar surface area (TPSA) is 68.5 Å². The number of ether oxygens (including phenoxy) is 1. The molecule has 0 unspecified atom stereocenters. The Balaban J connectivity index is 1.74. The Labute approximate surface area is 145 Å². The fraction of sp³-hybridized carbons (Fsp3) is 0.588. The molecule has 2 aromatic heterocycles. The zero-order chi connectivity index (χ0) is 17.3. The lowest BCUT2D eigenvalue weighted by molar-refractivity contribution is -0.144. The first-order valence-corrected chi connectivity index (χ1v) is 9.06. The summed E-state index contributed by atoms with van der Waals surface area (Å²) in [5.41, 5.74) is -0.548. The third-order valence-corrected chi connectivity index (χ3v) is 5.44. The van der Waals surface area contributed by atoms with Gasteiger partial charge in [0.25, 0.3) is 0 Å². The van der Waals surface area contributed by atoms with Crippen LogP contribution in [0.3, 0.4) is 0 Å². The van der Waals surface area contributed by atoms with Crippen molar-refractivity contribution in [2.24, 2.45) is 0 Å². The van der Waals surface area contributed by atoms with E-state index in [1.54, 1.807) is 11.3 Å². The molecule has 0 saturated carbocycles. The molecule has 1 amide bonds. The number of thiophene rings is 1. The first kappa shape index (κ1) is 17.1. The molecule has 1 saturated heterocycles. The first-order chi connectivity index (χ1) is 11.4. The molecule has 0 bridgehead atoms. The van der Waals surface area contributed by atoms with Gasteiger partial charge in [-0.2, -0.15) is 0 Å². The minimum atomic E-state index is -0.548. The van der Waals surface area contributed by atoms with E-state index in [0.29, 0.717) is 31.5 Å². The van der Waals surface area contributed by atoms with Crippen LogP contribution in [0.2, 0.25) is 0 Å². The Morgan fingerprint density at radius 3 is 2.83 bits per heavy atom. The van der Waals surface area contributed by atoms with Crippen molar-refractivity contribution in [2.45, 2.75) is 45.1 Å². The number of hydrogen-bond donors (Lipinski definition) is 0. The van der Waals surface area contributed by atoms with E-state index in [2.05, 4.69) is 10.2 Å². The molecule has 0 aliphatic carbocycles. The molecule has 1 aliphatic heterocycles. The molecule has 1 fully saturated rings. The molecule has 7 heteroatoms. The monoisotopic (exact) mass is 349 g/mol. The second-order valence-electron chi connectivity index (χ2n) is 6.85. The predicted octanol–water partition coefficient (Wildman–Crippen LogP) is 3.13. The van der Waals surface area contributed by atoms with Crippen LogP contribution in [0.25, 0.3) is 0 Å². The lowest BCUT2D eigenvalue weighted by Gasteiger charge is -2.36. The van der Waals surface area contributed by atoms with Crippen LogP contribution in [0, 0.1) is 0 Å². The third-order valence-electron chi connectivity index (χ3n) is 4.25. The number of amides is 1. The molecule has 0 aromatic carbocycles. The quantitative estimate of drug-likeness (QED) is 0.848. The van der Waals surface area contributed by atoms with Gasteiger partial charge in [0.05, 0.1) is 18.6 Å². The standard InChI is InChI=1S/C17H23N3O3S/c1-11(2)14-18-19-15(23-14)12-10-20(7-8-22-12)16(21)17(3,4)13-6-5-9-24-13/h5-6,9,11-12H,7-8,10H2,1-4H3/t12-/m0/s1. The van der Waals surface area contributed by atoms with E-state index in [9.17, 15) is 4.79 Å². The van der Waals surface area contributed by atoms with Crippen molar-refractivity contribution in [2.75, 3.05) is 19.7 Å². The molecule has 3 rings (SSSR count). The molecule has 0 spiro atoms. The maximum Gasteiger partial charge on any atom is 0.247 e. The number of nitrogens with zero attached hydrogens (tertiary/aromatic N) is 3. The molecule has 130 valence electrons. The lowest BCUT2D eigenvalue weighted by atomic mass is 9.89. The van der Waals surface area contributed by atoms with Gasteiger partial charge in [-0.25, -0.2) is 0 Å². The van der Waals surface area contributed by atoms with Crippen LogP contribution in [0.5, 0.6) is 0 Å². The maximum atomic E-state index is 13.0. The minimum absolute atomic E-state index is 0.0989. The summed E-state index contributed by atoms with van der Waals surface area (Å²) in [5.74, 6) is 1.31. The van der Waals surface area contributed by atoms with E-state index in [1.807, 2.05) is 50.1 Å². The Morgan fingerprint density at radius 2 is 2.21 bits per heavy atom. The van der Waals surface area contributed by atoms with Gasteiger partial charge in [-0.15, -0.1) is 21.5 Å². The van der Waals surface area contributed by atoms with E-state index in [0.717, 1.165) is 4.88 Å². The Bertz CT molecular complexity index is 694. The fourth-order valence-electron chi connectivity index (χ4n) is 2.73. The molecule has 1 atom stereocenters. The Hall–Kier alpha value is -1.73. The summed E-state index contributed by atoms with van der Waals surface area (Å²) in [6.07, 6.45) is -0.359. The van der Waals surface area contributed by atoms with Gasteiger partial charge in [-0.3, -0.25) is 4.79 Å². The van der Waals surface area contributed by atoms with Crippen molar-refractivity contribution in [1.82, 2.24) is 15.1 Å². The molecular weight excluding hydrogens is 326 g/mol. The van der Waals surface area contributed by atoms with Gasteiger partial charge >= 0.3 is 0 Å². The summed E-state index contributed by atoms with van der Waals surface area (Å²) in [7, 11) is 0. The molecule has 1 aliphatic rings. The fourth-order valence-corrected chi connectivity index (χ4v) is 3.57. The molecule has 0 radical (unpaired) electrons. The van der Waals surface area contributed by atoms with Gasteiger partial charge in [0.1, 0.15) is 0 Å². The highest BCUT2D eigenvalue weighted by Gasteiger charge is 2.38.